The number of hydrogen-bond donors (Lipinski definition) is 1. The van der Waals surface area contributed by atoms with Crippen LogP contribution in [0.1, 0.15) is 18.4 Å². The van der Waals surface area contributed by atoms with E-state index in [0.29, 0.717) is 55.1 Å². The van der Waals surface area contributed by atoms with Gasteiger partial charge in [-0.3, -0.25) is 4.90 Å². The van der Waals surface area contributed by atoms with Crippen molar-refractivity contribution in [1.82, 2.24) is 34.4 Å². The fourth-order valence-electron chi connectivity index (χ4n) is 6.63. The summed E-state index contributed by atoms with van der Waals surface area (Å²) in [6.45, 7) is 3.75. The number of nitrogens with zero attached hydrogens (tertiary/aromatic N) is 8. The number of rotatable bonds is 7. The van der Waals surface area contributed by atoms with Crippen molar-refractivity contribution >= 4 is 33.7 Å². The maximum absolute atomic E-state index is 14.4. The van der Waals surface area contributed by atoms with Crippen LogP contribution < -0.4 is 19.7 Å². The molecule has 3 aliphatic heterocycles. The van der Waals surface area contributed by atoms with Gasteiger partial charge in [-0.2, -0.15) is 5.10 Å². The minimum Gasteiger partial charge on any atom is -0.486 e. The first-order valence-electron chi connectivity index (χ1n) is 14.8. The molecule has 0 bridgehead atoms. The van der Waals surface area contributed by atoms with Crippen LogP contribution in [0.25, 0.3) is 16.6 Å². The number of alkyl halides is 2. The van der Waals surface area contributed by atoms with E-state index in [1.54, 1.807) is 28.9 Å². The molecular weight excluding hydrogens is 584 g/mol. The predicted molar refractivity (Wildman–Crippen MR) is 162 cm³/mol. The smallest absolute Gasteiger partial charge is 0.262 e. The number of hydrogen-bond acceptors (Lipinski definition) is 11. The number of ether oxygens (including phenoxy) is 3. The molecule has 2 aromatic carbocycles. The highest BCUT2D eigenvalue weighted by molar-refractivity contribution is 6.04. The van der Waals surface area contributed by atoms with Gasteiger partial charge in [-0.05, 0) is 49.9 Å². The van der Waals surface area contributed by atoms with E-state index in [9.17, 15) is 8.78 Å². The molecule has 3 aromatic heterocycles. The van der Waals surface area contributed by atoms with Gasteiger partial charge in [0, 0.05) is 37.7 Å². The van der Waals surface area contributed by atoms with Crippen LogP contribution >= 0.6 is 0 Å². The largest absolute Gasteiger partial charge is 0.486 e. The minimum atomic E-state index is -2.71. The average Bonchev–Trinajstić information content (AvgIpc) is 3.73. The zero-order chi connectivity index (χ0) is 30.8. The molecule has 0 radical (unpaired) electrons. The van der Waals surface area contributed by atoms with E-state index in [-0.39, 0.29) is 19.1 Å². The summed E-state index contributed by atoms with van der Waals surface area (Å²) in [5.41, 5.74) is 3.22. The van der Waals surface area contributed by atoms with Crippen LogP contribution in [0.5, 0.6) is 17.4 Å². The quantitative estimate of drug-likeness (QED) is 0.277. The lowest BCUT2D eigenvalue weighted by atomic mass is 9.85. The highest BCUT2D eigenvalue weighted by atomic mass is 19.3. The second-order valence-electron chi connectivity index (χ2n) is 12.1. The second kappa shape index (κ2) is 10.4. The molecule has 0 aliphatic carbocycles. The SMILES string of the molecule is Cc1cc(Nc2ncnc3ccc(OC4CCOC4)c(N4CC5(C4)CC(F)(F)CN5C)c23)ccc1Oc1cc2ncnn2cn1. The van der Waals surface area contributed by atoms with Gasteiger partial charge >= 0.3 is 0 Å². The van der Waals surface area contributed by atoms with Gasteiger partial charge in [-0.1, -0.05) is 0 Å². The van der Waals surface area contributed by atoms with E-state index >= 15 is 0 Å². The summed E-state index contributed by atoms with van der Waals surface area (Å²) in [7, 11) is 1.78. The van der Waals surface area contributed by atoms with Crippen LogP contribution in [0.4, 0.5) is 26.0 Å². The fraction of sp³-hybridized carbons (Fsp3) is 0.387. The Morgan fingerprint density at radius 3 is 2.64 bits per heavy atom. The van der Waals surface area contributed by atoms with Crippen molar-refractivity contribution in [3.8, 4) is 17.4 Å². The van der Waals surface area contributed by atoms with E-state index in [0.717, 1.165) is 34.3 Å². The fourth-order valence-corrected chi connectivity index (χ4v) is 6.63. The number of benzene rings is 2. The molecule has 12 nitrogen and oxygen atoms in total. The van der Waals surface area contributed by atoms with E-state index in [1.165, 1.54) is 12.7 Å². The van der Waals surface area contributed by atoms with E-state index in [4.69, 9.17) is 14.2 Å². The first-order valence-corrected chi connectivity index (χ1v) is 14.8. The number of aromatic nitrogens is 6. The third kappa shape index (κ3) is 5.03. The van der Waals surface area contributed by atoms with Crippen LogP contribution in [0.15, 0.2) is 55.4 Å². The van der Waals surface area contributed by atoms with Crippen molar-refractivity contribution in [3.05, 3.63) is 60.9 Å². The number of fused-ring (bicyclic) bond motifs is 2. The Morgan fingerprint density at radius 2 is 1.87 bits per heavy atom. The third-order valence-corrected chi connectivity index (χ3v) is 8.87. The molecule has 0 saturated carbocycles. The maximum Gasteiger partial charge on any atom is 0.262 e. The molecule has 3 saturated heterocycles. The van der Waals surface area contributed by atoms with Gasteiger partial charge in [0.1, 0.15) is 42.4 Å². The van der Waals surface area contributed by atoms with Gasteiger partial charge in [-0.25, -0.2) is 33.2 Å². The van der Waals surface area contributed by atoms with Gasteiger partial charge in [0.15, 0.2) is 5.65 Å². The van der Waals surface area contributed by atoms with Crippen molar-refractivity contribution in [2.45, 2.75) is 37.3 Å². The summed E-state index contributed by atoms with van der Waals surface area (Å²) >= 11 is 0. The number of aryl methyl sites for hydroxylation is 1. The molecule has 8 rings (SSSR count). The molecule has 45 heavy (non-hydrogen) atoms. The van der Waals surface area contributed by atoms with Crippen molar-refractivity contribution < 1.29 is 23.0 Å². The Hall–Kier alpha value is -4.69. The van der Waals surface area contributed by atoms with Crippen LogP contribution in [0.3, 0.4) is 0 Å². The van der Waals surface area contributed by atoms with Gasteiger partial charge in [0.05, 0.1) is 41.9 Å². The molecule has 1 atom stereocenters. The number of halogens is 2. The lowest BCUT2D eigenvalue weighted by Crippen LogP contribution is -2.67. The third-order valence-electron chi connectivity index (χ3n) is 8.87. The first-order chi connectivity index (χ1) is 21.8. The Bertz CT molecular complexity index is 1910. The van der Waals surface area contributed by atoms with Gasteiger partial charge in [-0.15, -0.1) is 0 Å². The summed E-state index contributed by atoms with van der Waals surface area (Å²) < 4.78 is 48.5. The molecule has 6 heterocycles. The zero-order valence-electron chi connectivity index (χ0n) is 24.8. The average molecular weight is 616 g/mol. The van der Waals surface area contributed by atoms with Crippen molar-refractivity contribution in [1.29, 1.82) is 0 Å². The summed E-state index contributed by atoms with van der Waals surface area (Å²) in [4.78, 5) is 21.6. The summed E-state index contributed by atoms with van der Waals surface area (Å²) in [5.74, 6) is -0.411. The van der Waals surface area contributed by atoms with Crippen LogP contribution in [0.2, 0.25) is 0 Å². The van der Waals surface area contributed by atoms with E-state index < -0.39 is 11.5 Å². The molecule has 1 spiro atoms. The first kappa shape index (κ1) is 27.8. The zero-order valence-corrected chi connectivity index (χ0v) is 24.8. The lowest BCUT2D eigenvalue weighted by molar-refractivity contribution is 0.0117. The number of anilines is 3. The summed E-state index contributed by atoms with van der Waals surface area (Å²) in [6.07, 6.45) is 5.04. The van der Waals surface area contributed by atoms with Crippen molar-refractivity contribution in [2.75, 3.05) is 50.1 Å². The second-order valence-corrected chi connectivity index (χ2v) is 12.1. The number of likely N-dealkylation sites (N-methyl/N-ethyl adjacent to an activating group) is 1. The van der Waals surface area contributed by atoms with Gasteiger partial charge < -0.3 is 24.4 Å². The Balaban J connectivity index is 1.12. The number of likely N-dealkylation sites (tertiary alicyclic amines) is 1. The topological polar surface area (TPSA) is 115 Å². The summed E-state index contributed by atoms with van der Waals surface area (Å²) in [6, 6.07) is 11.3. The molecule has 0 amide bonds. The van der Waals surface area contributed by atoms with Crippen molar-refractivity contribution in [3.63, 3.8) is 0 Å². The highest BCUT2D eigenvalue weighted by Gasteiger charge is 2.59. The Kier molecular flexibility index (Phi) is 6.46. The Labute approximate surface area is 257 Å². The van der Waals surface area contributed by atoms with Crippen molar-refractivity contribution in [2.24, 2.45) is 0 Å². The Morgan fingerprint density at radius 1 is 1.00 bits per heavy atom. The van der Waals surface area contributed by atoms with Gasteiger partial charge in [0.2, 0.25) is 5.88 Å². The van der Waals surface area contributed by atoms with Crippen LogP contribution in [0, 0.1) is 6.92 Å². The molecule has 1 unspecified atom stereocenters. The van der Waals surface area contributed by atoms with Crippen LogP contribution in [-0.2, 0) is 4.74 Å². The molecule has 3 aliphatic rings. The highest BCUT2D eigenvalue weighted by Crippen LogP contribution is 2.50. The molecule has 1 N–H and O–H groups in total. The van der Waals surface area contributed by atoms with Gasteiger partial charge in [0.25, 0.3) is 5.92 Å². The normalized spacial score (nSPS) is 20.6. The predicted octanol–water partition coefficient (Wildman–Crippen LogP) is 4.61. The molecule has 3 fully saturated rings. The summed E-state index contributed by atoms with van der Waals surface area (Å²) in [5, 5.41) is 8.29. The molecule has 5 aromatic rings. The molecule has 14 heteroatoms. The minimum absolute atomic E-state index is 0.0916. The monoisotopic (exact) mass is 615 g/mol. The maximum atomic E-state index is 14.4. The van der Waals surface area contributed by atoms with E-state index in [2.05, 4.69) is 35.3 Å². The molecule has 232 valence electrons. The van der Waals surface area contributed by atoms with Crippen LogP contribution in [-0.4, -0.2) is 91.9 Å². The standard InChI is InChI=1S/C31H31F2N9O3/c1-19-9-20(3-5-23(19)45-26-10-25-35-17-38-42(25)18-37-26)39-29-27-22(34-16-36-29)4-6-24(44-21-7-8-43-11-21)28(27)41-13-30(14-41)12-31(32,33)15-40(30)2/h3-6,9-10,16-18,21H,7-8,11-15H2,1-2H3,(H,34,36,39). The number of nitrogens with one attached hydrogen (secondary N) is 1. The lowest BCUT2D eigenvalue weighted by Gasteiger charge is -2.53. The molecular formula is C31H31F2N9O3. The van der Waals surface area contributed by atoms with E-state index in [1.807, 2.05) is 37.3 Å².